The molecule has 0 aliphatic heterocycles. The molecular formula is C13H15NOS2. The fraction of sp³-hybridized carbons (Fsp3) is 0.385. The van der Waals surface area contributed by atoms with Crippen LogP contribution in [-0.4, -0.2) is 17.3 Å². The van der Waals surface area contributed by atoms with Crippen LogP contribution in [0.3, 0.4) is 0 Å². The summed E-state index contributed by atoms with van der Waals surface area (Å²) in [6.45, 7) is 0.924. The first kappa shape index (κ1) is 11.4. The van der Waals surface area contributed by atoms with Crippen molar-refractivity contribution in [2.24, 2.45) is 0 Å². The topological polar surface area (TPSA) is 32.3 Å². The Bertz CT molecular complexity index is 471. The molecule has 1 saturated carbocycles. The number of aliphatic hydroxyl groups is 1. The SMILES string of the molecule is OC1CC(NCc2cc(-c3cccs3)cs2)C1. The number of rotatable bonds is 4. The highest BCUT2D eigenvalue weighted by Crippen LogP contribution is 2.29. The molecule has 0 atom stereocenters. The van der Waals surface area contributed by atoms with E-state index in [1.54, 1.807) is 22.7 Å². The van der Waals surface area contributed by atoms with Crippen molar-refractivity contribution in [3.63, 3.8) is 0 Å². The molecule has 0 saturated heterocycles. The summed E-state index contributed by atoms with van der Waals surface area (Å²) < 4.78 is 0. The third kappa shape index (κ3) is 2.60. The van der Waals surface area contributed by atoms with E-state index in [1.165, 1.54) is 15.3 Å². The Morgan fingerprint density at radius 1 is 1.35 bits per heavy atom. The van der Waals surface area contributed by atoms with Gasteiger partial charge in [-0.15, -0.1) is 22.7 Å². The van der Waals surface area contributed by atoms with Gasteiger partial charge in [0.25, 0.3) is 0 Å². The second-order valence-corrected chi connectivity index (χ2v) is 6.43. The van der Waals surface area contributed by atoms with Crippen molar-refractivity contribution in [2.75, 3.05) is 0 Å². The monoisotopic (exact) mass is 265 g/mol. The third-order valence-corrected chi connectivity index (χ3v) is 4.99. The largest absolute Gasteiger partial charge is 0.393 e. The molecule has 0 amide bonds. The molecule has 4 heteroatoms. The number of hydrogen-bond donors (Lipinski definition) is 2. The highest BCUT2D eigenvalue weighted by Gasteiger charge is 2.26. The molecule has 0 unspecified atom stereocenters. The summed E-state index contributed by atoms with van der Waals surface area (Å²) in [6.07, 6.45) is 1.74. The Balaban J connectivity index is 1.57. The Morgan fingerprint density at radius 3 is 2.94 bits per heavy atom. The molecule has 1 aliphatic carbocycles. The Hall–Kier alpha value is -0.680. The van der Waals surface area contributed by atoms with Crippen molar-refractivity contribution in [3.8, 4) is 10.4 Å². The van der Waals surface area contributed by atoms with E-state index in [0.29, 0.717) is 6.04 Å². The lowest BCUT2D eigenvalue weighted by Crippen LogP contribution is -2.43. The van der Waals surface area contributed by atoms with Gasteiger partial charge in [0.1, 0.15) is 0 Å². The summed E-state index contributed by atoms with van der Waals surface area (Å²) in [5.41, 5.74) is 1.33. The van der Waals surface area contributed by atoms with Crippen LogP contribution in [0, 0.1) is 0 Å². The van der Waals surface area contributed by atoms with Crippen molar-refractivity contribution < 1.29 is 5.11 Å². The molecule has 0 radical (unpaired) electrons. The third-order valence-electron chi connectivity index (χ3n) is 3.14. The predicted molar refractivity (Wildman–Crippen MR) is 73.5 cm³/mol. The van der Waals surface area contributed by atoms with Gasteiger partial charge in [-0.2, -0.15) is 0 Å². The van der Waals surface area contributed by atoms with Crippen LogP contribution in [0.1, 0.15) is 17.7 Å². The quantitative estimate of drug-likeness (QED) is 0.890. The van der Waals surface area contributed by atoms with Crippen LogP contribution in [0.2, 0.25) is 0 Å². The van der Waals surface area contributed by atoms with Gasteiger partial charge in [-0.1, -0.05) is 6.07 Å². The normalized spacial score (nSPS) is 23.6. The first-order valence-electron chi connectivity index (χ1n) is 5.84. The van der Waals surface area contributed by atoms with E-state index in [1.807, 2.05) is 0 Å². The lowest BCUT2D eigenvalue weighted by molar-refractivity contribution is 0.0620. The second kappa shape index (κ2) is 4.90. The maximum atomic E-state index is 9.21. The Kier molecular flexibility index (Phi) is 3.29. The Morgan fingerprint density at radius 2 is 2.24 bits per heavy atom. The van der Waals surface area contributed by atoms with Gasteiger partial charge in [-0.25, -0.2) is 0 Å². The van der Waals surface area contributed by atoms with Crippen molar-refractivity contribution in [3.05, 3.63) is 33.8 Å². The average Bonchev–Trinajstić information content (AvgIpc) is 2.92. The standard InChI is InChI=1S/C13H15NOS2/c15-11-5-10(6-11)14-7-12-4-9(8-17-12)13-2-1-3-16-13/h1-4,8,10-11,14-15H,5-7H2. The molecule has 2 aromatic rings. The van der Waals surface area contributed by atoms with E-state index in [4.69, 9.17) is 0 Å². The summed E-state index contributed by atoms with van der Waals surface area (Å²) in [6, 6.07) is 7.02. The van der Waals surface area contributed by atoms with E-state index >= 15 is 0 Å². The van der Waals surface area contributed by atoms with Crippen LogP contribution < -0.4 is 5.32 Å². The van der Waals surface area contributed by atoms with Gasteiger partial charge in [-0.05, 0) is 35.7 Å². The van der Waals surface area contributed by atoms with Crippen LogP contribution in [0.15, 0.2) is 29.0 Å². The number of nitrogens with one attached hydrogen (secondary N) is 1. The van der Waals surface area contributed by atoms with E-state index in [2.05, 4.69) is 34.3 Å². The maximum Gasteiger partial charge on any atom is 0.0570 e. The highest BCUT2D eigenvalue weighted by atomic mass is 32.1. The molecule has 1 fully saturated rings. The fourth-order valence-electron chi connectivity index (χ4n) is 2.04. The minimum Gasteiger partial charge on any atom is -0.393 e. The van der Waals surface area contributed by atoms with Crippen LogP contribution in [-0.2, 0) is 6.54 Å². The molecule has 17 heavy (non-hydrogen) atoms. The minimum absolute atomic E-state index is 0.0717. The first-order chi connectivity index (χ1) is 8.31. The Labute approximate surface area is 109 Å². The van der Waals surface area contributed by atoms with E-state index in [9.17, 15) is 5.11 Å². The van der Waals surface area contributed by atoms with Crippen LogP contribution in [0.4, 0.5) is 0 Å². The van der Waals surface area contributed by atoms with Gasteiger partial charge < -0.3 is 10.4 Å². The van der Waals surface area contributed by atoms with Crippen LogP contribution in [0.5, 0.6) is 0 Å². The zero-order chi connectivity index (χ0) is 11.7. The molecular weight excluding hydrogens is 250 g/mol. The van der Waals surface area contributed by atoms with Crippen molar-refractivity contribution in [1.29, 1.82) is 0 Å². The lowest BCUT2D eigenvalue weighted by Gasteiger charge is -2.32. The zero-order valence-corrected chi connectivity index (χ0v) is 11.1. The molecule has 3 rings (SSSR count). The van der Waals surface area contributed by atoms with Crippen LogP contribution >= 0.6 is 22.7 Å². The summed E-state index contributed by atoms with van der Waals surface area (Å²) in [5, 5.41) is 17.0. The fourth-order valence-corrected chi connectivity index (χ4v) is 3.67. The minimum atomic E-state index is -0.0717. The number of thiophene rings is 2. The second-order valence-electron chi connectivity index (χ2n) is 4.48. The molecule has 0 spiro atoms. The number of aliphatic hydroxyl groups excluding tert-OH is 1. The predicted octanol–water partition coefficient (Wildman–Crippen LogP) is 3.09. The molecule has 2 N–H and O–H groups in total. The maximum absolute atomic E-state index is 9.21. The van der Waals surface area contributed by atoms with E-state index in [-0.39, 0.29) is 6.10 Å². The van der Waals surface area contributed by atoms with Gasteiger partial charge >= 0.3 is 0 Å². The zero-order valence-electron chi connectivity index (χ0n) is 9.43. The van der Waals surface area contributed by atoms with E-state index < -0.39 is 0 Å². The van der Waals surface area contributed by atoms with Gasteiger partial charge in [0, 0.05) is 27.9 Å². The van der Waals surface area contributed by atoms with E-state index in [0.717, 1.165) is 19.4 Å². The number of hydrogen-bond acceptors (Lipinski definition) is 4. The summed E-state index contributed by atoms with van der Waals surface area (Å²) in [4.78, 5) is 2.71. The van der Waals surface area contributed by atoms with Crippen LogP contribution in [0.25, 0.3) is 10.4 Å². The van der Waals surface area contributed by atoms with Gasteiger partial charge in [0.2, 0.25) is 0 Å². The van der Waals surface area contributed by atoms with Crippen molar-refractivity contribution in [1.82, 2.24) is 5.32 Å². The summed E-state index contributed by atoms with van der Waals surface area (Å²) >= 11 is 3.59. The first-order valence-corrected chi connectivity index (χ1v) is 7.60. The molecule has 0 aromatic carbocycles. The molecule has 90 valence electrons. The molecule has 2 aromatic heterocycles. The molecule has 2 nitrogen and oxygen atoms in total. The molecule has 1 aliphatic rings. The molecule has 0 bridgehead atoms. The lowest BCUT2D eigenvalue weighted by atomic mass is 9.89. The van der Waals surface area contributed by atoms with Crippen molar-refractivity contribution >= 4 is 22.7 Å². The smallest absolute Gasteiger partial charge is 0.0570 e. The summed E-state index contributed by atoms with van der Waals surface area (Å²) in [7, 11) is 0. The van der Waals surface area contributed by atoms with Gasteiger partial charge in [0.15, 0.2) is 0 Å². The average molecular weight is 265 g/mol. The summed E-state index contributed by atoms with van der Waals surface area (Å²) in [5.74, 6) is 0. The molecule has 2 heterocycles. The van der Waals surface area contributed by atoms with Gasteiger partial charge in [0.05, 0.1) is 6.10 Å². The highest BCUT2D eigenvalue weighted by molar-refractivity contribution is 7.14. The van der Waals surface area contributed by atoms with Gasteiger partial charge in [-0.3, -0.25) is 0 Å². The van der Waals surface area contributed by atoms with Crippen molar-refractivity contribution in [2.45, 2.75) is 31.5 Å².